The second-order valence-electron chi connectivity index (χ2n) is 7.26. The van der Waals surface area contributed by atoms with Crippen molar-refractivity contribution in [3.8, 4) is 6.07 Å². The van der Waals surface area contributed by atoms with Gasteiger partial charge in [0, 0.05) is 64.1 Å². The Balaban J connectivity index is 1.43. The fraction of sp³-hybridized carbons (Fsp3) is 0.476. The Kier molecular flexibility index (Phi) is 5.61. The van der Waals surface area contributed by atoms with Gasteiger partial charge >= 0.3 is 0 Å². The molecule has 1 aromatic carbocycles. The molecule has 2 saturated heterocycles. The molecule has 0 bridgehead atoms. The topological polar surface area (TPSA) is 58.7 Å². The maximum Gasteiger partial charge on any atom is 0.195 e. The highest BCUT2D eigenvalue weighted by Crippen LogP contribution is 2.23. The summed E-state index contributed by atoms with van der Waals surface area (Å²) in [6.45, 7) is 8.87. The van der Waals surface area contributed by atoms with Crippen molar-refractivity contribution in [2.75, 3.05) is 62.2 Å². The molecule has 2 aliphatic heterocycles. The molecule has 0 unspecified atom stereocenters. The molecule has 27 heavy (non-hydrogen) atoms. The van der Waals surface area contributed by atoms with Crippen LogP contribution in [0.3, 0.4) is 0 Å². The maximum atomic E-state index is 9.55. The lowest BCUT2D eigenvalue weighted by atomic mass is 10.1. The number of anilines is 2. The van der Waals surface area contributed by atoms with Crippen molar-refractivity contribution >= 4 is 11.6 Å². The standard InChI is InChI=1S/C21H27N5O/c22-16-18-4-5-20(25-8-2-6-23-7-9-25)15-19(18)17-24-10-12-26(13-11-24)21-3-1-14-27-21/h1,3-5,14-15,23H,2,6-13,17H2. The van der Waals surface area contributed by atoms with Gasteiger partial charge in [-0.25, -0.2) is 0 Å². The first-order chi connectivity index (χ1) is 13.3. The summed E-state index contributed by atoms with van der Waals surface area (Å²) in [6, 6.07) is 12.6. The number of piperazine rings is 1. The quantitative estimate of drug-likeness (QED) is 0.897. The molecule has 0 aliphatic carbocycles. The van der Waals surface area contributed by atoms with Gasteiger partial charge in [0.15, 0.2) is 5.88 Å². The van der Waals surface area contributed by atoms with Crippen molar-refractivity contribution in [3.63, 3.8) is 0 Å². The minimum atomic E-state index is 0.792. The van der Waals surface area contributed by atoms with Crippen LogP contribution in [0.1, 0.15) is 17.5 Å². The summed E-state index contributed by atoms with van der Waals surface area (Å²) in [5, 5.41) is 13.0. The summed E-state index contributed by atoms with van der Waals surface area (Å²) in [6.07, 6.45) is 2.88. The van der Waals surface area contributed by atoms with Crippen molar-refractivity contribution < 1.29 is 4.42 Å². The predicted octanol–water partition coefficient (Wildman–Crippen LogP) is 2.27. The Labute approximate surface area is 161 Å². The van der Waals surface area contributed by atoms with Gasteiger partial charge in [-0.2, -0.15) is 5.26 Å². The fourth-order valence-corrected chi connectivity index (χ4v) is 3.94. The highest BCUT2D eigenvalue weighted by molar-refractivity contribution is 5.54. The van der Waals surface area contributed by atoms with Crippen LogP contribution in [0.15, 0.2) is 41.0 Å². The molecule has 0 saturated carbocycles. The van der Waals surface area contributed by atoms with Crippen LogP contribution in [0.5, 0.6) is 0 Å². The minimum Gasteiger partial charge on any atom is -0.449 e. The Hall–Kier alpha value is -2.49. The largest absolute Gasteiger partial charge is 0.449 e. The van der Waals surface area contributed by atoms with E-state index in [1.54, 1.807) is 6.26 Å². The predicted molar refractivity (Wildman–Crippen MR) is 107 cm³/mol. The second-order valence-corrected chi connectivity index (χ2v) is 7.26. The number of nitrogens with zero attached hydrogens (tertiary/aromatic N) is 4. The van der Waals surface area contributed by atoms with E-state index in [0.29, 0.717) is 0 Å². The highest BCUT2D eigenvalue weighted by atomic mass is 16.3. The molecule has 142 valence electrons. The van der Waals surface area contributed by atoms with Crippen LogP contribution >= 0.6 is 0 Å². The van der Waals surface area contributed by atoms with Gasteiger partial charge < -0.3 is 19.5 Å². The summed E-state index contributed by atoms with van der Waals surface area (Å²) >= 11 is 0. The minimum absolute atomic E-state index is 0.792. The highest BCUT2D eigenvalue weighted by Gasteiger charge is 2.20. The molecule has 1 N–H and O–H groups in total. The van der Waals surface area contributed by atoms with Gasteiger partial charge in [0.05, 0.1) is 17.9 Å². The monoisotopic (exact) mass is 365 g/mol. The van der Waals surface area contributed by atoms with E-state index in [0.717, 1.165) is 82.3 Å². The van der Waals surface area contributed by atoms with E-state index in [1.165, 1.54) is 5.69 Å². The molecular weight excluding hydrogens is 338 g/mol. The van der Waals surface area contributed by atoms with Gasteiger partial charge in [0.25, 0.3) is 0 Å². The molecule has 2 aromatic rings. The average Bonchev–Trinajstić information content (AvgIpc) is 3.11. The van der Waals surface area contributed by atoms with Gasteiger partial charge in [-0.1, -0.05) is 0 Å². The molecule has 0 amide bonds. The fourth-order valence-electron chi connectivity index (χ4n) is 3.94. The van der Waals surface area contributed by atoms with Gasteiger partial charge in [0.2, 0.25) is 0 Å². The van der Waals surface area contributed by atoms with E-state index in [-0.39, 0.29) is 0 Å². The molecule has 4 rings (SSSR count). The average molecular weight is 365 g/mol. The zero-order valence-corrected chi connectivity index (χ0v) is 15.7. The van der Waals surface area contributed by atoms with E-state index >= 15 is 0 Å². The summed E-state index contributed by atoms with van der Waals surface area (Å²) in [5.74, 6) is 0.948. The van der Waals surface area contributed by atoms with Crippen LogP contribution in [-0.2, 0) is 6.54 Å². The van der Waals surface area contributed by atoms with Crippen molar-refractivity contribution in [3.05, 3.63) is 47.7 Å². The number of rotatable bonds is 4. The first-order valence-electron chi connectivity index (χ1n) is 9.83. The van der Waals surface area contributed by atoms with Crippen molar-refractivity contribution in [2.45, 2.75) is 13.0 Å². The molecule has 0 atom stereocenters. The molecule has 0 radical (unpaired) electrons. The second kappa shape index (κ2) is 8.47. The number of nitriles is 1. The first kappa shape index (κ1) is 17.9. The smallest absolute Gasteiger partial charge is 0.195 e. The van der Waals surface area contributed by atoms with Gasteiger partial charge in [-0.3, -0.25) is 4.90 Å². The third-order valence-corrected chi connectivity index (χ3v) is 5.50. The van der Waals surface area contributed by atoms with Gasteiger partial charge in [-0.05, 0) is 42.8 Å². The lowest BCUT2D eigenvalue weighted by molar-refractivity contribution is 0.246. The maximum absolute atomic E-state index is 9.55. The van der Waals surface area contributed by atoms with E-state index in [9.17, 15) is 5.26 Å². The van der Waals surface area contributed by atoms with Crippen molar-refractivity contribution in [1.29, 1.82) is 5.26 Å². The molecule has 0 spiro atoms. The van der Waals surface area contributed by atoms with E-state index in [2.05, 4.69) is 38.2 Å². The summed E-state index contributed by atoms with van der Waals surface area (Å²) in [7, 11) is 0. The van der Waals surface area contributed by atoms with Gasteiger partial charge in [0.1, 0.15) is 0 Å². The zero-order chi connectivity index (χ0) is 18.5. The molecular formula is C21H27N5O. The summed E-state index contributed by atoms with van der Waals surface area (Å²) in [5.41, 5.74) is 3.17. The van der Waals surface area contributed by atoms with Crippen LogP contribution in [0.25, 0.3) is 0 Å². The Morgan fingerprint density at radius 3 is 2.67 bits per heavy atom. The molecule has 3 heterocycles. The van der Waals surface area contributed by atoms with E-state index in [4.69, 9.17) is 4.42 Å². The normalized spacial score (nSPS) is 18.9. The molecule has 2 aliphatic rings. The molecule has 1 aromatic heterocycles. The van der Waals surface area contributed by atoms with Crippen LogP contribution in [0.2, 0.25) is 0 Å². The van der Waals surface area contributed by atoms with Gasteiger partial charge in [-0.15, -0.1) is 0 Å². The number of benzene rings is 1. The van der Waals surface area contributed by atoms with Crippen molar-refractivity contribution in [1.82, 2.24) is 10.2 Å². The molecule has 6 nitrogen and oxygen atoms in total. The third kappa shape index (κ3) is 4.26. The first-order valence-corrected chi connectivity index (χ1v) is 9.83. The Morgan fingerprint density at radius 1 is 1.00 bits per heavy atom. The lowest BCUT2D eigenvalue weighted by Crippen LogP contribution is -2.45. The summed E-state index contributed by atoms with van der Waals surface area (Å²) in [4.78, 5) is 7.14. The Bertz CT molecular complexity index is 766. The molecule has 6 heteroatoms. The lowest BCUT2D eigenvalue weighted by Gasteiger charge is -2.34. The molecule has 2 fully saturated rings. The van der Waals surface area contributed by atoms with Crippen molar-refractivity contribution in [2.24, 2.45) is 0 Å². The number of furan rings is 1. The SMILES string of the molecule is N#Cc1ccc(N2CCCNCC2)cc1CN1CCN(c2ccco2)CC1. The third-order valence-electron chi connectivity index (χ3n) is 5.50. The number of hydrogen-bond donors (Lipinski definition) is 1. The Morgan fingerprint density at radius 2 is 1.89 bits per heavy atom. The van der Waals surface area contributed by atoms with Crippen LogP contribution in [-0.4, -0.2) is 57.3 Å². The van der Waals surface area contributed by atoms with E-state index < -0.39 is 0 Å². The zero-order valence-electron chi connectivity index (χ0n) is 15.7. The van der Waals surface area contributed by atoms with Crippen LogP contribution in [0.4, 0.5) is 11.6 Å². The van der Waals surface area contributed by atoms with E-state index in [1.807, 2.05) is 18.2 Å². The number of hydrogen-bond acceptors (Lipinski definition) is 6. The van der Waals surface area contributed by atoms with Crippen LogP contribution < -0.4 is 15.1 Å². The number of nitrogens with one attached hydrogen (secondary N) is 1. The summed E-state index contributed by atoms with van der Waals surface area (Å²) < 4.78 is 5.51. The van der Waals surface area contributed by atoms with Crippen LogP contribution in [0, 0.1) is 11.3 Å².